The largest absolute Gasteiger partial charge is 0.493 e. The first kappa shape index (κ1) is 25.4. The van der Waals surface area contributed by atoms with Gasteiger partial charge in [-0.25, -0.2) is 0 Å². The lowest BCUT2D eigenvalue weighted by atomic mass is 10.1. The smallest absolute Gasteiger partial charge is 0.255 e. The predicted molar refractivity (Wildman–Crippen MR) is 142 cm³/mol. The summed E-state index contributed by atoms with van der Waals surface area (Å²) in [5.74, 6) is 2.71. The van der Waals surface area contributed by atoms with Crippen molar-refractivity contribution in [2.45, 2.75) is 13.2 Å². The van der Waals surface area contributed by atoms with E-state index in [4.69, 9.17) is 23.7 Å². The first-order valence-corrected chi connectivity index (χ1v) is 11.7. The van der Waals surface area contributed by atoms with E-state index in [0.29, 0.717) is 47.5 Å². The van der Waals surface area contributed by atoms with Crippen LogP contribution in [0, 0.1) is 0 Å². The predicted octanol–water partition coefficient (Wildman–Crippen LogP) is 6.12. The van der Waals surface area contributed by atoms with Crippen molar-refractivity contribution >= 4 is 11.6 Å². The van der Waals surface area contributed by atoms with E-state index in [1.54, 1.807) is 44.6 Å². The number of carbonyl (C=O) groups excluding carboxylic acids is 1. The van der Waals surface area contributed by atoms with Gasteiger partial charge < -0.3 is 29.0 Å². The molecule has 0 saturated heterocycles. The number of nitrogens with one attached hydrogen (secondary N) is 1. The van der Waals surface area contributed by atoms with Crippen LogP contribution >= 0.6 is 0 Å². The van der Waals surface area contributed by atoms with Crippen molar-refractivity contribution in [1.82, 2.24) is 0 Å². The van der Waals surface area contributed by atoms with Gasteiger partial charge in [0.25, 0.3) is 5.91 Å². The first-order chi connectivity index (χ1) is 18.1. The maximum Gasteiger partial charge on any atom is 0.255 e. The van der Waals surface area contributed by atoms with Gasteiger partial charge in [-0.3, -0.25) is 4.79 Å². The molecule has 0 heterocycles. The number of anilines is 1. The molecule has 7 heteroatoms. The molecule has 0 unspecified atom stereocenters. The van der Waals surface area contributed by atoms with Gasteiger partial charge in [-0.2, -0.15) is 0 Å². The van der Waals surface area contributed by atoms with Crippen LogP contribution in [-0.4, -0.2) is 27.2 Å². The zero-order valence-corrected chi connectivity index (χ0v) is 21.0. The third-order valence-corrected chi connectivity index (χ3v) is 5.63. The molecule has 0 atom stereocenters. The molecule has 0 bridgehead atoms. The summed E-state index contributed by atoms with van der Waals surface area (Å²) in [6, 6.07) is 27.8. The maximum atomic E-state index is 12.8. The third kappa shape index (κ3) is 6.73. The van der Waals surface area contributed by atoms with E-state index in [-0.39, 0.29) is 5.91 Å². The van der Waals surface area contributed by atoms with Gasteiger partial charge in [-0.15, -0.1) is 0 Å². The van der Waals surface area contributed by atoms with Crippen LogP contribution in [0.25, 0.3) is 0 Å². The van der Waals surface area contributed by atoms with Crippen molar-refractivity contribution in [3.05, 3.63) is 108 Å². The number of amides is 1. The van der Waals surface area contributed by atoms with Gasteiger partial charge in [-0.05, 0) is 65.7 Å². The Balaban J connectivity index is 1.36. The fraction of sp³-hybridized carbons (Fsp3) is 0.167. The molecule has 0 aliphatic rings. The molecule has 0 fully saturated rings. The summed E-state index contributed by atoms with van der Waals surface area (Å²) in [5.41, 5.74) is 3.09. The van der Waals surface area contributed by atoms with Gasteiger partial charge in [0, 0.05) is 11.3 Å². The Morgan fingerprint density at radius 1 is 0.622 bits per heavy atom. The highest BCUT2D eigenvalue weighted by Gasteiger charge is 2.13. The molecule has 0 saturated carbocycles. The van der Waals surface area contributed by atoms with Gasteiger partial charge in [-0.1, -0.05) is 36.4 Å². The Hall–Kier alpha value is -4.65. The van der Waals surface area contributed by atoms with E-state index in [1.807, 2.05) is 60.7 Å². The quantitative estimate of drug-likeness (QED) is 0.268. The van der Waals surface area contributed by atoms with Crippen molar-refractivity contribution < 1.29 is 28.5 Å². The second kappa shape index (κ2) is 12.4. The van der Waals surface area contributed by atoms with Crippen LogP contribution in [0.3, 0.4) is 0 Å². The maximum absolute atomic E-state index is 12.8. The van der Waals surface area contributed by atoms with Gasteiger partial charge >= 0.3 is 0 Å². The van der Waals surface area contributed by atoms with Crippen LogP contribution < -0.4 is 29.0 Å². The SMILES string of the molecule is COc1ccc(COc2ccc(C(=O)Nc3ccc(OCc4ccccc4)cc3)cc2OC)cc1OC. The van der Waals surface area contributed by atoms with E-state index in [2.05, 4.69) is 5.32 Å². The normalized spacial score (nSPS) is 10.4. The van der Waals surface area contributed by atoms with Crippen LogP contribution in [0.4, 0.5) is 5.69 Å². The molecular weight excluding hydrogens is 470 g/mol. The van der Waals surface area contributed by atoms with E-state index >= 15 is 0 Å². The summed E-state index contributed by atoms with van der Waals surface area (Å²) in [5, 5.41) is 2.89. The summed E-state index contributed by atoms with van der Waals surface area (Å²) in [6.45, 7) is 0.772. The average Bonchev–Trinajstić information content (AvgIpc) is 2.95. The lowest BCUT2D eigenvalue weighted by Gasteiger charge is -2.14. The minimum atomic E-state index is -0.261. The molecular formula is C30H29NO6. The van der Waals surface area contributed by atoms with E-state index in [9.17, 15) is 4.79 Å². The summed E-state index contributed by atoms with van der Waals surface area (Å²) in [7, 11) is 4.71. The van der Waals surface area contributed by atoms with Crippen molar-refractivity contribution in [2.24, 2.45) is 0 Å². The van der Waals surface area contributed by atoms with Gasteiger partial charge in [0.1, 0.15) is 19.0 Å². The molecule has 0 spiro atoms. The van der Waals surface area contributed by atoms with Gasteiger partial charge in [0.05, 0.1) is 21.3 Å². The summed E-state index contributed by atoms with van der Waals surface area (Å²) < 4.78 is 27.8. The number of carbonyl (C=O) groups is 1. The molecule has 0 aliphatic carbocycles. The highest BCUT2D eigenvalue weighted by molar-refractivity contribution is 6.04. The minimum Gasteiger partial charge on any atom is -0.493 e. The summed E-state index contributed by atoms with van der Waals surface area (Å²) in [6.07, 6.45) is 0. The zero-order valence-electron chi connectivity index (χ0n) is 21.0. The molecule has 4 aromatic rings. The second-order valence-corrected chi connectivity index (χ2v) is 8.10. The number of rotatable bonds is 11. The van der Waals surface area contributed by atoms with E-state index in [1.165, 1.54) is 7.11 Å². The molecule has 0 aromatic heterocycles. The first-order valence-electron chi connectivity index (χ1n) is 11.7. The van der Waals surface area contributed by atoms with E-state index in [0.717, 1.165) is 16.9 Å². The Labute approximate surface area is 216 Å². The molecule has 0 radical (unpaired) electrons. The summed E-state index contributed by atoms with van der Waals surface area (Å²) in [4.78, 5) is 12.8. The van der Waals surface area contributed by atoms with Crippen LogP contribution in [0.5, 0.6) is 28.7 Å². The number of methoxy groups -OCH3 is 3. The molecule has 1 amide bonds. The Morgan fingerprint density at radius 2 is 1.27 bits per heavy atom. The van der Waals surface area contributed by atoms with Crippen LogP contribution in [0.15, 0.2) is 91.0 Å². The fourth-order valence-electron chi connectivity index (χ4n) is 3.64. The lowest BCUT2D eigenvalue weighted by molar-refractivity contribution is 0.102. The molecule has 4 rings (SSSR count). The molecule has 37 heavy (non-hydrogen) atoms. The minimum absolute atomic E-state index is 0.261. The Morgan fingerprint density at radius 3 is 1.97 bits per heavy atom. The van der Waals surface area contributed by atoms with Crippen molar-refractivity contribution in [3.63, 3.8) is 0 Å². The second-order valence-electron chi connectivity index (χ2n) is 8.10. The zero-order chi connectivity index (χ0) is 26.0. The molecule has 4 aromatic carbocycles. The average molecular weight is 500 g/mol. The van der Waals surface area contributed by atoms with Gasteiger partial charge in [0.2, 0.25) is 0 Å². The third-order valence-electron chi connectivity index (χ3n) is 5.63. The number of hydrogen-bond donors (Lipinski definition) is 1. The van der Waals surface area contributed by atoms with Crippen molar-refractivity contribution in [2.75, 3.05) is 26.6 Å². The van der Waals surface area contributed by atoms with Crippen molar-refractivity contribution in [1.29, 1.82) is 0 Å². The number of benzene rings is 4. The number of ether oxygens (including phenoxy) is 5. The molecule has 7 nitrogen and oxygen atoms in total. The fourth-order valence-corrected chi connectivity index (χ4v) is 3.64. The highest BCUT2D eigenvalue weighted by atomic mass is 16.5. The van der Waals surface area contributed by atoms with Crippen LogP contribution in [-0.2, 0) is 13.2 Å². The standard InChI is InChI=1S/C30H29NO6/c1-33-26-15-9-22(17-28(26)34-2)20-37-27-16-10-23(18-29(27)35-3)30(32)31-24-11-13-25(14-12-24)36-19-21-7-5-4-6-8-21/h4-18H,19-20H2,1-3H3,(H,31,32). The topological polar surface area (TPSA) is 75.3 Å². The molecule has 1 N–H and O–H groups in total. The van der Waals surface area contributed by atoms with Crippen LogP contribution in [0.2, 0.25) is 0 Å². The molecule has 190 valence electrons. The monoisotopic (exact) mass is 499 g/mol. The Bertz CT molecular complexity index is 1320. The molecule has 0 aliphatic heterocycles. The Kier molecular flexibility index (Phi) is 8.49. The van der Waals surface area contributed by atoms with Gasteiger partial charge in [0.15, 0.2) is 23.0 Å². The van der Waals surface area contributed by atoms with Crippen molar-refractivity contribution in [3.8, 4) is 28.7 Å². The summed E-state index contributed by atoms with van der Waals surface area (Å²) >= 11 is 0. The van der Waals surface area contributed by atoms with Crippen LogP contribution in [0.1, 0.15) is 21.5 Å². The highest BCUT2D eigenvalue weighted by Crippen LogP contribution is 2.31. The van der Waals surface area contributed by atoms with E-state index < -0.39 is 0 Å². The lowest BCUT2D eigenvalue weighted by Crippen LogP contribution is -2.12. The number of hydrogen-bond acceptors (Lipinski definition) is 6.